The minimum Gasteiger partial charge on any atom is -0.466 e. The summed E-state index contributed by atoms with van der Waals surface area (Å²) in [5.74, 6) is -0.248. The van der Waals surface area contributed by atoms with Crippen LogP contribution >= 0.6 is 23.8 Å². The van der Waals surface area contributed by atoms with Crippen molar-refractivity contribution >= 4 is 40.6 Å². The van der Waals surface area contributed by atoms with E-state index in [0.717, 1.165) is 36.2 Å². The topological polar surface area (TPSA) is 41.6 Å². The van der Waals surface area contributed by atoms with E-state index in [-0.39, 0.29) is 11.9 Å². The predicted molar refractivity (Wildman–Crippen MR) is 98.1 cm³/mol. The molecule has 1 N–H and O–H groups in total. The molecule has 0 aliphatic carbocycles. The van der Waals surface area contributed by atoms with E-state index in [1.54, 1.807) is 0 Å². The summed E-state index contributed by atoms with van der Waals surface area (Å²) in [7, 11) is 0. The van der Waals surface area contributed by atoms with Crippen molar-refractivity contribution in [3.8, 4) is 0 Å². The van der Waals surface area contributed by atoms with Crippen LogP contribution in [0.1, 0.15) is 30.9 Å². The number of ether oxygens (including phenoxy) is 1. The van der Waals surface area contributed by atoms with E-state index >= 15 is 0 Å². The van der Waals surface area contributed by atoms with Crippen molar-refractivity contribution in [1.29, 1.82) is 0 Å². The van der Waals surface area contributed by atoms with E-state index in [1.165, 1.54) is 0 Å². The first-order valence-corrected chi connectivity index (χ1v) is 8.70. The molecule has 6 heteroatoms. The van der Waals surface area contributed by atoms with Gasteiger partial charge in [0.15, 0.2) is 5.11 Å². The number of hydrogen-bond donors (Lipinski definition) is 1. The van der Waals surface area contributed by atoms with Crippen LogP contribution in [-0.4, -0.2) is 35.7 Å². The quantitative estimate of drug-likeness (QED) is 0.658. The Kier molecular flexibility index (Phi) is 6.25. The number of nitrogens with one attached hydrogen (secondary N) is 1. The molecule has 1 aliphatic heterocycles. The van der Waals surface area contributed by atoms with E-state index in [0.29, 0.717) is 23.3 Å². The van der Waals surface area contributed by atoms with Crippen molar-refractivity contribution in [2.45, 2.75) is 33.6 Å². The number of thiocarbonyl (C=S) groups is 1. The molecule has 0 radical (unpaired) electrons. The minimum atomic E-state index is -0.135. The summed E-state index contributed by atoms with van der Waals surface area (Å²) < 4.78 is 5.13. The van der Waals surface area contributed by atoms with Gasteiger partial charge in [0, 0.05) is 13.1 Å². The van der Waals surface area contributed by atoms with Crippen LogP contribution in [0.4, 0.5) is 5.69 Å². The number of likely N-dealkylation sites (tertiary alicyclic amines) is 1. The standard InChI is InChI=1S/C17H23ClN2O2S/c1-4-22-16(21)13-6-5-7-20(10-13)17(23)19-15-12(3)8-11(2)9-14(15)18/h8-9,13H,4-7,10H2,1-3H3,(H,19,23). The summed E-state index contributed by atoms with van der Waals surface area (Å²) in [6.07, 6.45) is 1.77. The Bertz CT molecular complexity index is 583. The second kappa shape index (κ2) is 7.97. The highest BCUT2D eigenvalue weighted by Crippen LogP contribution is 2.28. The van der Waals surface area contributed by atoms with E-state index in [9.17, 15) is 4.79 Å². The van der Waals surface area contributed by atoms with Gasteiger partial charge in [0.25, 0.3) is 0 Å². The highest BCUT2D eigenvalue weighted by molar-refractivity contribution is 7.80. The largest absolute Gasteiger partial charge is 0.466 e. The molecule has 23 heavy (non-hydrogen) atoms. The average Bonchev–Trinajstić information content (AvgIpc) is 2.51. The van der Waals surface area contributed by atoms with Crippen molar-refractivity contribution in [2.75, 3.05) is 25.0 Å². The van der Waals surface area contributed by atoms with Gasteiger partial charge in [-0.1, -0.05) is 17.7 Å². The summed E-state index contributed by atoms with van der Waals surface area (Å²) in [6.45, 7) is 7.68. The summed E-state index contributed by atoms with van der Waals surface area (Å²) in [5.41, 5.74) is 3.00. The lowest BCUT2D eigenvalue weighted by atomic mass is 9.98. The predicted octanol–water partition coefficient (Wildman–Crippen LogP) is 3.93. The van der Waals surface area contributed by atoms with Gasteiger partial charge in [0.1, 0.15) is 0 Å². The summed E-state index contributed by atoms with van der Waals surface area (Å²) in [6, 6.07) is 3.98. The number of rotatable bonds is 3. The Morgan fingerprint density at radius 2 is 2.22 bits per heavy atom. The van der Waals surface area contributed by atoms with Crippen LogP contribution in [0.25, 0.3) is 0 Å². The van der Waals surface area contributed by atoms with Gasteiger partial charge in [-0.25, -0.2) is 0 Å². The van der Waals surface area contributed by atoms with E-state index in [2.05, 4.69) is 11.4 Å². The van der Waals surface area contributed by atoms with Crippen LogP contribution in [0.15, 0.2) is 12.1 Å². The van der Waals surface area contributed by atoms with Crippen molar-refractivity contribution in [3.05, 3.63) is 28.3 Å². The normalized spacial score (nSPS) is 17.7. The zero-order valence-corrected chi connectivity index (χ0v) is 15.4. The van der Waals surface area contributed by atoms with Crippen LogP contribution < -0.4 is 5.32 Å². The highest BCUT2D eigenvalue weighted by atomic mass is 35.5. The molecule has 126 valence electrons. The molecule has 1 aromatic rings. The maximum absolute atomic E-state index is 11.9. The van der Waals surface area contributed by atoms with Gasteiger partial charge in [-0.05, 0) is 63.0 Å². The zero-order chi connectivity index (χ0) is 17.0. The number of esters is 1. The molecule has 2 rings (SSSR count). The molecular formula is C17H23ClN2O2S. The van der Waals surface area contributed by atoms with Gasteiger partial charge in [-0.3, -0.25) is 4.79 Å². The Morgan fingerprint density at radius 3 is 2.87 bits per heavy atom. The van der Waals surface area contributed by atoms with Crippen LogP contribution in [0.2, 0.25) is 5.02 Å². The maximum Gasteiger partial charge on any atom is 0.310 e. The molecule has 0 spiro atoms. The molecule has 1 aliphatic rings. The van der Waals surface area contributed by atoms with E-state index in [1.807, 2.05) is 31.7 Å². The molecule has 1 aromatic carbocycles. The van der Waals surface area contributed by atoms with E-state index in [4.69, 9.17) is 28.6 Å². The first-order chi connectivity index (χ1) is 10.9. The second-order valence-electron chi connectivity index (χ2n) is 5.91. The number of aryl methyl sites for hydroxylation is 2. The van der Waals surface area contributed by atoms with Crippen LogP contribution in [0.3, 0.4) is 0 Å². The van der Waals surface area contributed by atoms with Gasteiger partial charge >= 0.3 is 5.97 Å². The number of carbonyl (C=O) groups is 1. The molecule has 0 saturated carbocycles. The van der Waals surface area contributed by atoms with Crippen molar-refractivity contribution in [1.82, 2.24) is 4.90 Å². The lowest BCUT2D eigenvalue weighted by Crippen LogP contribution is -2.44. The number of carbonyl (C=O) groups excluding carboxylic acids is 1. The Balaban J connectivity index is 2.05. The third-order valence-electron chi connectivity index (χ3n) is 3.99. The minimum absolute atomic E-state index is 0.113. The fourth-order valence-electron chi connectivity index (χ4n) is 2.87. The fourth-order valence-corrected chi connectivity index (χ4v) is 3.51. The number of piperidine rings is 1. The lowest BCUT2D eigenvalue weighted by molar-refractivity contribution is -0.149. The Labute approximate surface area is 148 Å². The van der Waals surface area contributed by atoms with Crippen LogP contribution in [0, 0.1) is 19.8 Å². The Hall–Kier alpha value is -1.33. The molecule has 0 bridgehead atoms. The number of halogens is 1. The molecule has 0 amide bonds. The number of anilines is 1. The SMILES string of the molecule is CCOC(=O)C1CCCN(C(=S)Nc2c(C)cc(C)cc2Cl)C1. The molecule has 1 unspecified atom stereocenters. The molecular weight excluding hydrogens is 332 g/mol. The first-order valence-electron chi connectivity index (χ1n) is 7.91. The first kappa shape index (κ1) is 18.0. The zero-order valence-electron chi connectivity index (χ0n) is 13.8. The van der Waals surface area contributed by atoms with Crippen LogP contribution in [0.5, 0.6) is 0 Å². The monoisotopic (exact) mass is 354 g/mol. The third kappa shape index (κ3) is 4.58. The maximum atomic E-state index is 11.9. The van der Waals surface area contributed by atoms with E-state index < -0.39 is 0 Å². The van der Waals surface area contributed by atoms with Gasteiger partial charge < -0.3 is 15.0 Å². The Morgan fingerprint density at radius 1 is 1.48 bits per heavy atom. The molecule has 0 aromatic heterocycles. The summed E-state index contributed by atoms with van der Waals surface area (Å²) in [5, 5.41) is 4.50. The van der Waals surface area contributed by atoms with Gasteiger partial charge in [0.05, 0.1) is 23.2 Å². The number of hydrogen-bond acceptors (Lipinski definition) is 3. The summed E-state index contributed by atoms with van der Waals surface area (Å²) in [4.78, 5) is 14.0. The van der Waals surface area contributed by atoms with Gasteiger partial charge in [-0.15, -0.1) is 0 Å². The molecule has 1 heterocycles. The molecule has 1 fully saturated rings. The lowest BCUT2D eigenvalue weighted by Gasteiger charge is -2.33. The smallest absolute Gasteiger partial charge is 0.310 e. The number of nitrogens with zero attached hydrogens (tertiary/aromatic N) is 1. The summed E-state index contributed by atoms with van der Waals surface area (Å²) >= 11 is 11.8. The average molecular weight is 355 g/mol. The van der Waals surface area contributed by atoms with Crippen molar-refractivity contribution in [3.63, 3.8) is 0 Å². The number of benzene rings is 1. The van der Waals surface area contributed by atoms with Crippen molar-refractivity contribution in [2.24, 2.45) is 5.92 Å². The van der Waals surface area contributed by atoms with Crippen molar-refractivity contribution < 1.29 is 9.53 Å². The van der Waals surface area contributed by atoms with Gasteiger partial charge in [0.2, 0.25) is 0 Å². The van der Waals surface area contributed by atoms with Crippen LogP contribution in [-0.2, 0) is 9.53 Å². The molecule has 1 atom stereocenters. The molecule has 4 nitrogen and oxygen atoms in total. The second-order valence-corrected chi connectivity index (χ2v) is 6.70. The molecule has 1 saturated heterocycles. The highest BCUT2D eigenvalue weighted by Gasteiger charge is 2.28. The third-order valence-corrected chi connectivity index (χ3v) is 4.65. The fraction of sp³-hybridized carbons (Fsp3) is 0.529. The van der Waals surface area contributed by atoms with Gasteiger partial charge in [-0.2, -0.15) is 0 Å².